The van der Waals surface area contributed by atoms with Crippen molar-refractivity contribution in [3.8, 4) is 0 Å². The predicted molar refractivity (Wildman–Crippen MR) is 70.9 cm³/mol. The molecule has 0 unspecified atom stereocenters. The summed E-state index contributed by atoms with van der Waals surface area (Å²) in [6.07, 6.45) is -7.01. The van der Waals surface area contributed by atoms with E-state index in [1.54, 1.807) is 0 Å². The molecule has 1 aliphatic heterocycles. The minimum atomic E-state index is -4.58. The Labute approximate surface area is 125 Å². The van der Waals surface area contributed by atoms with E-state index in [2.05, 4.69) is 0 Å². The van der Waals surface area contributed by atoms with E-state index in [0.717, 1.165) is 10.4 Å². The number of sulfonamides is 1. The van der Waals surface area contributed by atoms with Gasteiger partial charge in [0.15, 0.2) is 0 Å². The third kappa shape index (κ3) is 4.17. The van der Waals surface area contributed by atoms with Gasteiger partial charge < -0.3 is 5.11 Å². The fourth-order valence-corrected chi connectivity index (χ4v) is 4.19. The molecule has 9 heteroatoms. The van der Waals surface area contributed by atoms with Crippen LogP contribution < -0.4 is 0 Å². The Bertz CT molecular complexity index is 632. The highest BCUT2D eigenvalue weighted by Crippen LogP contribution is 2.35. The van der Waals surface area contributed by atoms with Crippen LogP contribution in [0.25, 0.3) is 0 Å². The third-order valence-corrected chi connectivity index (χ3v) is 5.31. The summed E-state index contributed by atoms with van der Waals surface area (Å²) in [5.41, 5.74) is 0.312. The number of aliphatic hydroxyl groups is 1. The number of rotatable bonds is 4. The van der Waals surface area contributed by atoms with Crippen molar-refractivity contribution < 1.29 is 31.1 Å². The van der Waals surface area contributed by atoms with Gasteiger partial charge >= 0.3 is 6.18 Å². The molecule has 0 aliphatic carbocycles. The molecule has 1 heterocycles. The summed E-state index contributed by atoms with van der Waals surface area (Å²) in [6, 6.07) is 4.31. The molecule has 2 atom stereocenters. The lowest BCUT2D eigenvalue weighted by atomic mass is 10.0. The molecular formula is C13H15F4NO3S. The van der Waals surface area contributed by atoms with Crippen LogP contribution in [0.3, 0.4) is 0 Å². The van der Waals surface area contributed by atoms with Crippen LogP contribution in [0.1, 0.15) is 24.4 Å². The second kappa shape index (κ2) is 6.13. The van der Waals surface area contributed by atoms with Crippen LogP contribution in [0.5, 0.6) is 0 Å². The van der Waals surface area contributed by atoms with Crippen LogP contribution in [0, 0.1) is 5.82 Å². The number of hydrogen-bond donors (Lipinski definition) is 1. The maximum Gasteiger partial charge on any atom is 0.390 e. The summed E-state index contributed by atoms with van der Waals surface area (Å²) in [5, 5.41) is 9.67. The maximum absolute atomic E-state index is 13.3. The number of hydrogen-bond acceptors (Lipinski definition) is 3. The molecule has 1 N–H and O–H groups in total. The van der Waals surface area contributed by atoms with Gasteiger partial charge in [0.25, 0.3) is 0 Å². The smallest absolute Gasteiger partial charge is 0.390 e. The highest BCUT2D eigenvalue weighted by molar-refractivity contribution is 7.89. The van der Waals surface area contributed by atoms with E-state index in [-0.39, 0.29) is 13.0 Å². The molecule has 124 valence electrons. The van der Waals surface area contributed by atoms with Gasteiger partial charge in [0.1, 0.15) is 5.82 Å². The van der Waals surface area contributed by atoms with Crippen LogP contribution in [0.4, 0.5) is 17.6 Å². The number of aliphatic hydroxyl groups excluding tert-OH is 1. The predicted octanol–water partition coefficient (Wildman–Crippen LogP) is 2.22. The lowest BCUT2D eigenvalue weighted by molar-refractivity contribution is -0.130. The van der Waals surface area contributed by atoms with Gasteiger partial charge in [0, 0.05) is 6.54 Å². The van der Waals surface area contributed by atoms with Crippen molar-refractivity contribution in [2.24, 2.45) is 0 Å². The largest absolute Gasteiger partial charge is 0.392 e. The van der Waals surface area contributed by atoms with E-state index < -0.39 is 46.3 Å². The molecule has 1 aromatic rings. The molecule has 0 radical (unpaired) electrons. The lowest BCUT2D eigenvalue weighted by Crippen LogP contribution is -2.35. The van der Waals surface area contributed by atoms with Crippen molar-refractivity contribution in [3.63, 3.8) is 0 Å². The zero-order valence-electron chi connectivity index (χ0n) is 11.4. The van der Waals surface area contributed by atoms with Crippen LogP contribution >= 0.6 is 0 Å². The molecule has 22 heavy (non-hydrogen) atoms. The number of alkyl halides is 3. The second-order valence-electron chi connectivity index (χ2n) is 5.21. The van der Waals surface area contributed by atoms with E-state index in [0.29, 0.717) is 5.56 Å². The zero-order chi connectivity index (χ0) is 16.5. The van der Waals surface area contributed by atoms with Gasteiger partial charge in [0.05, 0.1) is 24.3 Å². The van der Waals surface area contributed by atoms with Crippen molar-refractivity contribution in [1.29, 1.82) is 0 Å². The first-order valence-electron chi connectivity index (χ1n) is 6.58. The van der Waals surface area contributed by atoms with Crippen LogP contribution in [0.15, 0.2) is 24.3 Å². The Morgan fingerprint density at radius 3 is 2.59 bits per heavy atom. The minimum Gasteiger partial charge on any atom is -0.392 e. The zero-order valence-corrected chi connectivity index (χ0v) is 12.2. The quantitative estimate of drug-likeness (QED) is 0.855. The molecule has 0 spiro atoms. The van der Waals surface area contributed by atoms with Crippen molar-refractivity contribution in [1.82, 2.24) is 4.31 Å². The van der Waals surface area contributed by atoms with Crippen LogP contribution in [0.2, 0.25) is 0 Å². The number of nitrogens with zero attached hydrogens (tertiary/aromatic N) is 1. The average Bonchev–Trinajstić information content (AvgIpc) is 2.79. The molecule has 0 amide bonds. The van der Waals surface area contributed by atoms with E-state index >= 15 is 0 Å². The number of benzene rings is 1. The van der Waals surface area contributed by atoms with Gasteiger partial charge in [-0.15, -0.1) is 0 Å². The SMILES string of the molecule is O=S(=O)(CCC(F)(F)F)N1C[C@@H](O)C[C@@H]1c1cccc(F)c1. The number of β-amino-alcohol motifs (C(OH)–C–C–N with tert-alkyl or cyclic N) is 1. The van der Waals surface area contributed by atoms with Gasteiger partial charge in [-0.1, -0.05) is 12.1 Å². The van der Waals surface area contributed by atoms with Crippen LogP contribution in [-0.2, 0) is 10.0 Å². The monoisotopic (exact) mass is 341 g/mol. The first-order valence-corrected chi connectivity index (χ1v) is 8.19. The molecule has 2 rings (SSSR count). The van der Waals surface area contributed by atoms with E-state index in [4.69, 9.17) is 0 Å². The summed E-state index contributed by atoms with van der Waals surface area (Å²) >= 11 is 0. The van der Waals surface area contributed by atoms with Gasteiger partial charge in [-0.05, 0) is 24.1 Å². The normalized spacial score (nSPS) is 23.9. The highest BCUT2D eigenvalue weighted by atomic mass is 32.2. The molecule has 0 saturated carbocycles. The topological polar surface area (TPSA) is 57.6 Å². The maximum atomic E-state index is 13.3. The molecule has 1 saturated heterocycles. The average molecular weight is 341 g/mol. The first-order chi connectivity index (χ1) is 10.1. The molecule has 0 aromatic heterocycles. The summed E-state index contributed by atoms with van der Waals surface area (Å²) in [5.74, 6) is -1.67. The van der Waals surface area contributed by atoms with Gasteiger partial charge in [0.2, 0.25) is 10.0 Å². The Kier molecular flexibility index (Phi) is 4.78. The molecule has 1 fully saturated rings. The Hall–Kier alpha value is -1.19. The van der Waals surface area contributed by atoms with Crippen molar-refractivity contribution in [2.45, 2.75) is 31.2 Å². The fourth-order valence-electron chi connectivity index (χ4n) is 2.47. The number of halogens is 4. The first kappa shape index (κ1) is 17.2. The van der Waals surface area contributed by atoms with Crippen molar-refractivity contribution in [2.75, 3.05) is 12.3 Å². The van der Waals surface area contributed by atoms with Gasteiger partial charge in [-0.3, -0.25) is 0 Å². The molecule has 1 aliphatic rings. The van der Waals surface area contributed by atoms with Crippen molar-refractivity contribution in [3.05, 3.63) is 35.6 Å². The van der Waals surface area contributed by atoms with Gasteiger partial charge in [-0.25, -0.2) is 12.8 Å². The Morgan fingerprint density at radius 1 is 1.32 bits per heavy atom. The minimum absolute atomic E-state index is 0.0225. The fraction of sp³-hybridized carbons (Fsp3) is 0.538. The van der Waals surface area contributed by atoms with Crippen molar-refractivity contribution >= 4 is 10.0 Å². The molecule has 4 nitrogen and oxygen atoms in total. The van der Waals surface area contributed by atoms with Crippen LogP contribution in [-0.4, -0.2) is 42.4 Å². The summed E-state index contributed by atoms with van der Waals surface area (Å²) in [6.45, 7) is -0.290. The lowest BCUT2D eigenvalue weighted by Gasteiger charge is -2.24. The van der Waals surface area contributed by atoms with E-state index in [1.165, 1.54) is 18.2 Å². The Morgan fingerprint density at radius 2 is 2.00 bits per heavy atom. The highest BCUT2D eigenvalue weighted by Gasteiger charge is 2.41. The molecule has 1 aromatic carbocycles. The standard InChI is InChI=1S/C13H15F4NO3S/c14-10-3-1-2-9(6-10)12-7-11(19)8-18(12)22(20,21)5-4-13(15,16)17/h1-3,6,11-12,19H,4-5,7-8H2/t11-,12+/m0/s1. The third-order valence-electron chi connectivity index (χ3n) is 3.47. The summed E-state index contributed by atoms with van der Waals surface area (Å²) in [4.78, 5) is 0. The summed E-state index contributed by atoms with van der Waals surface area (Å²) in [7, 11) is -4.21. The Balaban J connectivity index is 2.24. The second-order valence-corrected chi connectivity index (χ2v) is 7.25. The summed E-state index contributed by atoms with van der Waals surface area (Å²) < 4.78 is 75.0. The van der Waals surface area contributed by atoms with E-state index in [1.807, 2.05) is 0 Å². The molecule has 0 bridgehead atoms. The van der Waals surface area contributed by atoms with E-state index in [9.17, 15) is 31.1 Å². The molecular weight excluding hydrogens is 326 g/mol. The van der Waals surface area contributed by atoms with Gasteiger partial charge in [-0.2, -0.15) is 17.5 Å².